The van der Waals surface area contributed by atoms with Crippen LogP contribution in [0.1, 0.15) is 25.0 Å². The van der Waals surface area contributed by atoms with Gasteiger partial charge in [0.15, 0.2) is 23.0 Å². The number of aromatic hydroxyl groups is 1. The predicted molar refractivity (Wildman–Crippen MR) is 139 cm³/mol. The minimum Gasteiger partial charge on any atom is -0.504 e. The van der Waals surface area contributed by atoms with Crippen LogP contribution < -0.4 is 14.2 Å². The number of ether oxygens (including phenoxy) is 6. The fourth-order valence-corrected chi connectivity index (χ4v) is 3.00. The van der Waals surface area contributed by atoms with Crippen molar-refractivity contribution < 1.29 is 43.1 Å². The van der Waals surface area contributed by atoms with Gasteiger partial charge in [-0.3, -0.25) is 0 Å². The molecule has 1 saturated heterocycles. The van der Waals surface area contributed by atoms with E-state index < -0.39 is 5.97 Å². The summed E-state index contributed by atoms with van der Waals surface area (Å²) in [6.07, 6.45) is 6.00. The summed E-state index contributed by atoms with van der Waals surface area (Å²) in [6.45, 7) is 6.36. The highest BCUT2D eigenvalue weighted by atomic mass is 16.5. The second-order valence-corrected chi connectivity index (χ2v) is 7.73. The Bertz CT molecular complexity index is 1070. The van der Waals surface area contributed by atoms with Crippen LogP contribution in [-0.2, 0) is 23.8 Å². The van der Waals surface area contributed by atoms with E-state index in [1.165, 1.54) is 25.3 Å². The van der Waals surface area contributed by atoms with Crippen molar-refractivity contribution in [2.45, 2.75) is 13.8 Å². The summed E-state index contributed by atoms with van der Waals surface area (Å²) in [5, 5.41) is 9.36. The van der Waals surface area contributed by atoms with Crippen LogP contribution in [-0.4, -0.2) is 64.3 Å². The van der Waals surface area contributed by atoms with Gasteiger partial charge in [-0.15, -0.1) is 0 Å². The Balaban J connectivity index is 0.000000271. The van der Waals surface area contributed by atoms with Crippen LogP contribution in [0.25, 0.3) is 12.2 Å². The Morgan fingerprint density at radius 3 is 1.89 bits per heavy atom. The van der Waals surface area contributed by atoms with E-state index in [0.717, 1.165) is 24.3 Å². The molecule has 2 aromatic rings. The quantitative estimate of drug-likeness (QED) is 0.347. The lowest BCUT2D eigenvalue weighted by Gasteiger charge is -2.26. The molecule has 0 amide bonds. The molecule has 1 heterocycles. The zero-order valence-electron chi connectivity index (χ0n) is 21.6. The maximum atomic E-state index is 11.3. The first-order valence-corrected chi connectivity index (χ1v) is 11.8. The number of phenolic OH excluding ortho intramolecular Hbond substituents is 1. The van der Waals surface area contributed by atoms with Gasteiger partial charge in [-0.05, 0) is 61.4 Å². The molecular weight excluding hydrogens is 480 g/mol. The van der Waals surface area contributed by atoms with Crippen LogP contribution in [0.3, 0.4) is 0 Å². The fourth-order valence-electron chi connectivity index (χ4n) is 3.00. The predicted octanol–water partition coefficient (Wildman–Crippen LogP) is 4.27. The maximum absolute atomic E-state index is 11.3. The third kappa shape index (κ3) is 10.3. The number of hydrogen-bond donors (Lipinski definition) is 1. The Kier molecular flexibility index (Phi) is 12.6. The van der Waals surface area contributed by atoms with E-state index in [2.05, 4.69) is 0 Å². The first-order valence-electron chi connectivity index (χ1n) is 11.8. The molecule has 0 atom stereocenters. The maximum Gasteiger partial charge on any atom is 0.330 e. The van der Waals surface area contributed by atoms with Crippen molar-refractivity contribution in [1.29, 1.82) is 0 Å². The van der Waals surface area contributed by atoms with E-state index >= 15 is 0 Å². The van der Waals surface area contributed by atoms with Gasteiger partial charge in [-0.1, -0.05) is 12.1 Å². The molecule has 0 aliphatic carbocycles. The Labute approximate surface area is 217 Å². The summed E-state index contributed by atoms with van der Waals surface area (Å²) in [7, 11) is 3.06. The van der Waals surface area contributed by atoms with E-state index in [-0.39, 0.29) is 11.7 Å². The number of rotatable bonds is 11. The third-order valence-electron chi connectivity index (χ3n) is 4.97. The van der Waals surface area contributed by atoms with E-state index in [1.54, 1.807) is 45.2 Å². The van der Waals surface area contributed by atoms with Crippen molar-refractivity contribution in [3.63, 3.8) is 0 Å². The molecule has 2 aromatic carbocycles. The normalized spacial score (nSPS) is 12.9. The Morgan fingerprint density at radius 2 is 1.41 bits per heavy atom. The van der Waals surface area contributed by atoms with Crippen LogP contribution in [0.15, 0.2) is 48.6 Å². The average molecular weight is 515 g/mol. The Hall–Kier alpha value is -3.98. The molecule has 1 aliphatic heterocycles. The van der Waals surface area contributed by atoms with Crippen molar-refractivity contribution in [3.8, 4) is 23.0 Å². The van der Waals surface area contributed by atoms with Crippen LogP contribution >= 0.6 is 0 Å². The van der Waals surface area contributed by atoms with Gasteiger partial charge in [0.25, 0.3) is 0 Å². The molecule has 0 bridgehead atoms. The van der Waals surface area contributed by atoms with Crippen molar-refractivity contribution in [1.82, 2.24) is 0 Å². The van der Waals surface area contributed by atoms with E-state index in [4.69, 9.17) is 28.4 Å². The molecule has 1 N–H and O–H groups in total. The van der Waals surface area contributed by atoms with Crippen LogP contribution in [0.5, 0.6) is 23.0 Å². The molecule has 3 rings (SSSR count). The van der Waals surface area contributed by atoms with Gasteiger partial charge in [0.05, 0.1) is 47.3 Å². The van der Waals surface area contributed by atoms with Gasteiger partial charge in [-0.25, -0.2) is 9.59 Å². The minimum absolute atomic E-state index is 0.0655. The zero-order valence-corrected chi connectivity index (χ0v) is 21.6. The molecule has 0 unspecified atom stereocenters. The summed E-state index contributed by atoms with van der Waals surface area (Å²) in [6, 6.07) is 10.3. The molecule has 1 fully saturated rings. The molecular formula is C28H34O9. The summed E-state index contributed by atoms with van der Waals surface area (Å²) in [4.78, 5) is 22.3. The largest absolute Gasteiger partial charge is 0.504 e. The third-order valence-corrected chi connectivity index (χ3v) is 4.97. The summed E-state index contributed by atoms with van der Waals surface area (Å²) in [5.41, 5.74) is 1.60. The summed E-state index contributed by atoms with van der Waals surface area (Å²) >= 11 is 0. The zero-order chi connectivity index (χ0) is 27.0. The summed E-state index contributed by atoms with van der Waals surface area (Å²) in [5.74, 6) is 1.47. The molecule has 37 heavy (non-hydrogen) atoms. The lowest BCUT2D eigenvalue weighted by molar-refractivity contribution is -0.138. The van der Waals surface area contributed by atoms with Gasteiger partial charge in [0, 0.05) is 18.1 Å². The molecule has 0 spiro atoms. The molecule has 9 nitrogen and oxygen atoms in total. The highest BCUT2D eigenvalue weighted by Gasteiger charge is 2.19. The number of hydrogen-bond acceptors (Lipinski definition) is 9. The topological polar surface area (TPSA) is 110 Å². The first-order chi connectivity index (χ1) is 17.9. The van der Waals surface area contributed by atoms with Crippen molar-refractivity contribution in [3.05, 3.63) is 59.7 Å². The van der Waals surface area contributed by atoms with Gasteiger partial charge in [-0.2, -0.15) is 0 Å². The van der Waals surface area contributed by atoms with E-state index in [0.29, 0.717) is 43.0 Å². The SMILES string of the molecule is CCOC(=O)/C=C/c1ccc(O)c(OC)c1.CCOC(=O)/C=C/c1ccc(OCC2COC2)c(OC)c1. The van der Waals surface area contributed by atoms with Crippen molar-refractivity contribution in [2.75, 3.05) is 47.3 Å². The van der Waals surface area contributed by atoms with Gasteiger partial charge in [0.2, 0.25) is 0 Å². The standard InChI is InChI=1S/C16H20O5.C12H14O4/c1-3-20-16(17)7-5-12-4-6-14(15(8-12)18-2)21-11-13-9-19-10-13;1-3-16-12(14)7-5-9-4-6-10(13)11(8-9)15-2/h4-8,13H,3,9-11H2,1-2H3;4-8,13H,3H2,1-2H3/b2*7-5+. The second-order valence-electron chi connectivity index (χ2n) is 7.73. The first kappa shape index (κ1) is 29.3. The molecule has 200 valence electrons. The van der Waals surface area contributed by atoms with Crippen LogP contribution in [0.2, 0.25) is 0 Å². The van der Waals surface area contributed by atoms with E-state index in [1.807, 2.05) is 18.2 Å². The van der Waals surface area contributed by atoms with Gasteiger partial charge < -0.3 is 33.5 Å². The Morgan fingerprint density at radius 1 is 0.865 bits per heavy atom. The molecule has 9 heteroatoms. The molecule has 0 aromatic heterocycles. The number of benzene rings is 2. The van der Waals surface area contributed by atoms with Crippen LogP contribution in [0, 0.1) is 5.92 Å². The van der Waals surface area contributed by atoms with E-state index in [9.17, 15) is 14.7 Å². The summed E-state index contributed by atoms with van der Waals surface area (Å²) < 4.78 is 30.7. The highest BCUT2D eigenvalue weighted by Crippen LogP contribution is 2.29. The molecule has 0 radical (unpaired) electrons. The molecule has 1 aliphatic rings. The lowest BCUT2D eigenvalue weighted by Crippen LogP contribution is -2.32. The lowest BCUT2D eigenvalue weighted by atomic mass is 10.1. The number of carbonyl (C=O) groups is 2. The highest BCUT2D eigenvalue weighted by molar-refractivity contribution is 5.87. The van der Waals surface area contributed by atoms with Crippen molar-refractivity contribution in [2.24, 2.45) is 5.92 Å². The second kappa shape index (κ2) is 15.9. The fraction of sp³-hybridized carbons (Fsp3) is 0.357. The van der Waals surface area contributed by atoms with Gasteiger partial charge >= 0.3 is 11.9 Å². The number of methoxy groups -OCH3 is 2. The monoisotopic (exact) mass is 514 g/mol. The van der Waals surface area contributed by atoms with Crippen LogP contribution in [0.4, 0.5) is 0 Å². The average Bonchev–Trinajstić information content (AvgIpc) is 2.87. The smallest absolute Gasteiger partial charge is 0.330 e. The number of esters is 2. The molecule has 0 saturated carbocycles. The number of carbonyl (C=O) groups excluding carboxylic acids is 2. The minimum atomic E-state index is -0.394. The van der Waals surface area contributed by atoms with Gasteiger partial charge in [0.1, 0.15) is 0 Å². The van der Waals surface area contributed by atoms with Crippen molar-refractivity contribution >= 4 is 24.1 Å². The number of phenols is 1.